The van der Waals surface area contributed by atoms with E-state index in [0.717, 1.165) is 13.0 Å². The van der Waals surface area contributed by atoms with Crippen LogP contribution < -0.4 is 10.2 Å². The molecule has 204 valence electrons. The predicted molar refractivity (Wildman–Crippen MR) is 151 cm³/mol. The van der Waals surface area contributed by atoms with Crippen LogP contribution in [0.4, 0.5) is 10.1 Å². The molecule has 2 aliphatic rings. The lowest BCUT2D eigenvalue weighted by Crippen LogP contribution is -2.36. The summed E-state index contributed by atoms with van der Waals surface area (Å²) < 4.78 is 28.2. The summed E-state index contributed by atoms with van der Waals surface area (Å²) in [6, 6.07) is 18.5. The van der Waals surface area contributed by atoms with E-state index in [2.05, 4.69) is 17.3 Å². The lowest BCUT2D eigenvalue weighted by molar-refractivity contribution is 0.0947. The Balaban J connectivity index is 1.36. The SMILES string of the molecule is CN(CCCNC(=O)c1ccc2c(c1)N(Cc1ccccc1F)C(=O)c1ccccc1[S@@]2=O)C1CCCCC1. The fourth-order valence-corrected chi connectivity index (χ4v) is 6.84. The summed E-state index contributed by atoms with van der Waals surface area (Å²) in [6.07, 6.45) is 7.22. The van der Waals surface area contributed by atoms with Crippen LogP contribution >= 0.6 is 0 Å². The van der Waals surface area contributed by atoms with Crippen LogP contribution in [0, 0.1) is 5.82 Å². The molecule has 8 heteroatoms. The summed E-state index contributed by atoms with van der Waals surface area (Å²) in [4.78, 5) is 31.4. The van der Waals surface area contributed by atoms with Gasteiger partial charge in [0.2, 0.25) is 0 Å². The van der Waals surface area contributed by atoms with Crippen molar-refractivity contribution < 1.29 is 18.2 Å². The molecule has 3 aromatic rings. The van der Waals surface area contributed by atoms with E-state index in [0.29, 0.717) is 44.8 Å². The molecule has 1 saturated carbocycles. The van der Waals surface area contributed by atoms with Gasteiger partial charge in [0.15, 0.2) is 0 Å². The maximum absolute atomic E-state index is 14.6. The Morgan fingerprint density at radius 2 is 1.77 bits per heavy atom. The minimum atomic E-state index is -1.64. The highest BCUT2D eigenvalue weighted by molar-refractivity contribution is 7.85. The number of nitrogens with one attached hydrogen (secondary N) is 1. The molecule has 1 aliphatic carbocycles. The van der Waals surface area contributed by atoms with Gasteiger partial charge >= 0.3 is 0 Å². The van der Waals surface area contributed by atoms with Crippen molar-refractivity contribution >= 4 is 28.3 Å². The van der Waals surface area contributed by atoms with E-state index < -0.39 is 16.6 Å². The molecule has 0 radical (unpaired) electrons. The second kappa shape index (κ2) is 12.2. The van der Waals surface area contributed by atoms with Crippen molar-refractivity contribution in [3.05, 3.63) is 89.2 Å². The third kappa shape index (κ3) is 5.97. The van der Waals surface area contributed by atoms with Gasteiger partial charge in [0, 0.05) is 23.7 Å². The van der Waals surface area contributed by atoms with Crippen molar-refractivity contribution in [3.63, 3.8) is 0 Å². The van der Waals surface area contributed by atoms with Crippen molar-refractivity contribution in [2.75, 3.05) is 25.0 Å². The quantitative estimate of drug-likeness (QED) is 0.376. The lowest BCUT2D eigenvalue weighted by atomic mass is 9.94. The number of benzene rings is 3. The number of carbonyl (C=O) groups excluding carboxylic acids is 2. The van der Waals surface area contributed by atoms with Crippen LogP contribution in [0.3, 0.4) is 0 Å². The van der Waals surface area contributed by atoms with Gasteiger partial charge in [0.25, 0.3) is 11.8 Å². The number of amides is 2. The summed E-state index contributed by atoms with van der Waals surface area (Å²) in [5.41, 5.74) is 1.35. The fourth-order valence-electron chi connectivity index (χ4n) is 5.50. The van der Waals surface area contributed by atoms with Crippen LogP contribution in [0.2, 0.25) is 0 Å². The number of hydrogen-bond acceptors (Lipinski definition) is 4. The normalized spacial score (nSPS) is 17.5. The number of fused-ring (bicyclic) bond motifs is 2. The molecule has 0 spiro atoms. The van der Waals surface area contributed by atoms with Crippen molar-refractivity contribution in [2.45, 2.75) is 60.9 Å². The van der Waals surface area contributed by atoms with Gasteiger partial charge in [-0.05, 0) is 69.3 Å². The standard InChI is InChI=1S/C31H34FN3O3S/c1-34(24-11-3-2-4-12-24)19-9-18-33-30(36)22-16-17-29-27(20-22)35(21-23-10-5-7-14-26(23)32)31(37)25-13-6-8-15-28(25)39(29)38/h5-8,10,13-17,20,24H,2-4,9,11-12,18-19,21H2,1H3,(H,33,36)/t39-/m0/s1. The van der Waals surface area contributed by atoms with Crippen LogP contribution in [-0.4, -0.2) is 47.1 Å². The second-order valence-electron chi connectivity index (χ2n) is 10.3. The van der Waals surface area contributed by atoms with E-state index in [9.17, 15) is 18.2 Å². The summed E-state index contributed by atoms with van der Waals surface area (Å²) in [7, 11) is 0.514. The first kappa shape index (κ1) is 27.2. The fraction of sp³-hybridized carbons (Fsp3) is 0.355. The van der Waals surface area contributed by atoms with Gasteiger partial charge in [-0.25, -0.2) is 8.60 Å². The van der Waals surface area contributed by atoms with Gasteiger partial charge in [-0.15, -0.1) is 0 Å². The monoisotopic (exact) mass is 547 g/mol. The van der Waals surface area contributed by atoms with E-state index in [1.165, 1.54) is 43.1 Å². The average molecular weight is 548 g/mol. The number of rotatable bonds is 8. The second-order valence-corrected chi connectivity index (χ2v) is 11.7. The van der Waals surface area contributed by atoms with Gasteiger partial charge in [-0.2, -0.15) is 0 Å². The molecule has 1 heterocycles. The molecule has 3 aromatic carbocycles. The molecule has 1 fully saturated rings. The first-order valence-electron chi connectivity index (χ1n) is 13.6. The largest absolute Gasteiger partial charge is 0.352 e. The van der Waals surface area contributed by atoms with E-state index in [4.69, 9.17) is 0 Å². The molecule has 0 unspecified atom stereocenters. The topological polar surface area (TPSA) is 69.7 Å². The Bertz CT molecular complexity index is 1390. The van der Waals surface area contributed by atoms with Gasteiger partial charge in [-0.1, -0.05) is 49.6 Å². The Morgan fingerprint density at radius 3 is 2.56 bits per heavy atom. The molecule has 1 atom stereocenters. The third-order valence-electron chi connectivity index (χ3n) is 7.73. The van der Waals surface area contributed by atoms with Gasteiger partial charge in [0.05, 0.1) is 38.4 Å². The first-order chi connectivity index (χ1) is 18.9. The minimum absolute atomic E-state index is 0.0530. The van der Waals surface area contributed by atoms with E-state index in [-0.39, 0.29) is 18.4 Å². The smallest absolute Gasteiger partial charge is 0.259 e. The molecule has 39 heavy (non-hydrogen) atoms. The molecule has 6 nitrogen and oxygen atoms in total. The van der Waals surface area contributed by atoms with Crippen molar-refractivity contribution in [2.24, 2.45) is 0 Å². The molecule has 1 N–H and O–H groups in total. The number of nitrogens with zero attached hydrogens (tertiary/aromatic N) is 2. The van der Waals surface area contributed by atoms with Gasteiger partial charge in [0.1, 0.15) is 5.82 Å². The van der Waals surface area contributed by atoms with Crippen molar-refractivity contribution in [3.8, 4) is 0 Å². The molecule has 0 saturated heterocycles. The average Bonchev–Trinajstić information content (AvgIpc) is 3.05. The zero-order valence-electron chi connectivity index (χ0n) is 22.2. The highest BCUT2D eigenvalue weighted by atomic mass is 32.2. The van der Waals surface area contributed by atoms with Crippen LogP contribution in [0.1, 0.15) is 64.8 Å². The summed E-state index contributed by atoms with van der Waals surface area (Å²) in [5, 5.41) is 2.99. The van der Waals surface area contributed by atoms with Gasteiger partial charge in [-0.3, -0.25) is 9.59 Å². The van der Waals surface area contributed by atoms with E-state index >= 15 is 0 Å². The molecule has 2 amide bonds. The Kier molecular flexibility index (Phi) is 8.53. The van der Waals surface area contributed by atoms with Gasteiger partial charge < -0.3 is 15.1 Å². The van der Waals surface area contributed by atoms with Crippen LogP contribution in [0.25, 0.3) is 0 Å². The maximum atomic E-state index is 14.6. The highest BCUT2D eigenvalue weighted by Crippen LogP contribution is 2.36. The third-order valence-corrected chi connectivity index (χ3v) is 9.23. The van der Waals surface area contributed by atoms with Crippen LogP contribution in [0.15, 0.2) is 76.5 Å². The van der Waals surface area contributed by atoms with Crippen molar-refractivity contribution in [1.82, 2.24) is 10.2 Å². The first-order valence-corrected chi connectivity index (χ1v) is 14.8. The van der Waals surface area contributed by atoms with E-state index in [1.807, 2.05) is 0 Å². The molecule has 0 aromatic heterocycles. The van der Waals surface area contributed by atoms with Crippen LogP contribution in [0.5, 0.6) is 0 Å². The molecule has 5 rings (SSSR count). The lowest BCUT2D eigenvalue weighted by Gasteiger charge is -2.31. The summed E-state index contributed by atoms with van der Waals surface area (Å²) >= 11 is 0. The summed E-state index contributed by atoms with van der Waals surface area (Å²) in [5.74, 6) is -1.08. The van der Waals surface area contributed by atoms with E-state index in [1.54, 1.807) is 60.7 Å². The molecular formula is C31H34FN3O3S. The predicted octanol–water partition coefficient (Wildman–Crippen LogP) is 5.54. The van der Waals surface area contributed by atoms with Crippen molar-refractivity contribution in [1.29, 1.82) is 0 Å². The highest BCUT2D eigenvalue weighted by Gasteiger charge is 2.32. The zero-order chi connectivity index (χ0) is 27.4. The molecule has 0 bridgehead atoms. The maximum Gasteiger partial charge on any atom is 0.259 e. The minimum Gasteiger partial charge on any atom is -0.352 e. The number of carbonyl (C=O) groups is 2. The zero-order valence-corrected chi connectivity index (χ0v) is 23.0. The Labute approximate surface area is 231 Å². The summed E-state index contributed by atoms with van der Waals surface area (Å²) in [6.45, 7) is 1.39. The van der Waals surface area contributed by atoms with Crippen LogP contribution in [-0.2, 0) is 17.3 Å². The number of hydrogen-bond donors (Lipinski definition) is 1. The molecular weight excluding hydrogens is 513 g/mol. The number of anilines is 1. The molecule has 1 aliphatic heterocycles. The number of halogens is 1. The Hall–Kier alpha value is -3.36. The Morgan fingerprint density at radius 1 is 1.03 bits per heavy atom.